The zero-order valence-corrected chi connectivity index (χ0v) is 18.8. The number of alkyl halides is 2. The van der Waals surface area contributed by atoms with Crippen molar-refractivity contribution in [2.45, 2.75) is 13.0 Å². The minimum atomic E-state index is -2.93. The molecular formula is C23H23F3N6O3. The van der Waals surface area contributed by atoms with Crippen molar-refractivity contribution in [3.8, 4) is 11.5 Å². The summed E-state index contributed by atoms with van der Waals surface area (Å²) < 4.78 is 50.8. The second-order valence-corrected chi connectivity index (χ2v) is 7.69. The number of morpholine rings is 1. The van der Waals surface area contributed by atoms with Crippen molar-refractivity contribution in [1.82, 2.24) is 15.1 Å². The molecule has 12 heteroatoms. The van der Waals surface area contributed by atoms with Crippen LogP contribution < -0.4 is 10.2 Å². The van der Waals surface area contributed by atoms with E-state index in [1.807, 2.05) is 0 Å². The molecule has 2 amide bonds. The van der Waals surface area contributed by atoms with Gasteiger partial charge in [0.2, 0.25) is 5.89 Å². The molecule has 184 valence electrons. The molecule has 35 heavy (non-hydrogen) atoms. The average molecular weight is 488 g/mol. The van der Waals surface area contributed by atoms with E-state index in [0.29, 0.717) is 43.2 Å². The molecule has 0 bridgehead atoms. The Kier molecular flexibility index (Phi) is 7.30. The van der Waals surface area contributed by atoms with Crippen LogP contribution in [0.25, 0.3) is 11.5 Å². The van der Waals surface area contributed by atoms with Gasteiger partial charge in [-0.05, 0) is 30.3 Å². The van der Waals surface area contributed by atoms with Gasteiger partial charge in [-0.15, -0.1) is 10.2 Å². The van der Waals surface area contributed by atoms with E-state index in [2.05, 4.69) is 15.5 Å². The molecule has 1 fully saturated rings. The van der Waals surface area contributed by atoms with Gasteiger partial charge in [0.15, 0.2) is 0 Å². The second kappa shape index (κ2) is 10.6. The lowest BCUT2D eigenvalue weighted by molar-refractivity contribution is 0.0548. The quantitative estimate of drug-likeness (QED) is 0.480. The van der Waals surface area contributed by atoms with Gasteiger partial charge in [0, 0.05) is 54.4 Å². The number of nitrogens with one attached hydrogen (secondary N) is 2. The van der Waals surface area contributed by atoms with E-state index >= 15 is 4.39 Å². The molecule has 2 aromatic carbocycles. The third-order valence-electron chi connectivity index (χ3n) is 5.54. The van der Waals surface area contributed by atoms with Gasteiger partial charge in [0.05, 0.1) is 19.8 Å². The van der Waals surface area contributed by atoms with Gasteiger partial charge in [-0.1, -0.05) is 6.07 Å². The van der Waals surface area contributed by atoms with Gasteiger partial charge in [-0.3, -0.25) is 4.90 Å². The Morgan fingerprint density at radius 1 is 1.23 bits per heavy atom. The zero-order chi connectivity index (χ0) is 24.9. The molecule has 1 aliphatic rings. The number of amides is 2. The lowest BCUT2D eigenvalue weighted by Crippen LogP contribution is -2.48. The van der Waals surface area contributed by atoms with Crippen LogP contribution >= 0.6 is 0 Å². The minimum Gasteiger partial charge on any atom is -0.415 e. The van der Waals surface area contributed by atoms with Crippen molar-refractivity contribution < 1.29 is 27.1 Å². The Bertz CT molecular complexity index is 1210. The number of carbonyl (C=O) groups excluding carboxylic acids is 1. The van der Waals surface area contributed by atoms with Gasteiger partial charge < -0.3 is 24.8 Å². The molecule has 0 aliphatic carbocycles. The van der Waals surface area contributed by atoms with Gasteiger partial charge in [0.1, 0.15) is 5.82 Å². The Hall–Kier alpha value is -3.93. The molecule has 2 heterocycles. The highest BCUT2D eigenvalue weighted by atomic mass is 19.3. The first kappa shape index (κ1) is 24.2. The number of halogens is 3. The summed E-state index contributed by atoms with van der Waals surface area (Å²) in [6.45, 7) is 1.51. The first-order valence-corrected chi connectivity index (χ1v) is 10.8. The maximum atomic E-state index is 15.1. The van der Waals surface area contributed by atoms with Crippen molar-refractivity contribution in [1.29, 1.82) is 5.41 Å². The number of anilines is 2. The fourth-order valence-corrected chi connectivity index (χ4v) is 3.67. The summed E-state index contributed by atoms with van der Waals surface area (Å²) >= 11 is 0. The van der Waals surface area contributed by atoms with Crippen LogP contribution in [0.4, 0.5) is 29.3 Å². The van der Waals surface area contributed by atoms with Crippen molar-refractivity contribution in [2.75, 3.05) is 43.6 Å². The predicted molar refractivity (Wildman–Crippen MR) is 122 cm³/mol. The molecule has 1 aromatic heterocycles. The van der Waals surface area contributed by atoms with Crippen molar-refractivity contribution >= 4 is 23.6 Å². The molecule has 1 aliphatic heterocycles. The monoisotopic (exact) mass is 488 g/mol. The average Bonchev–Trinajstić information content (AvgIpc) is 3.38. The van der Waals surface area contributed by atoms with E-state index < -0.39 is 18.1 Å². The lowest BCUT2D eigenvalue weighted by atomic mass is 10.1. The number of benzene rings is 2. The van der Waals surface area contributed by atoms with E-state index in [1.54, 1.807) is 30.1 Å². The Morgan fingerprint density at radius 3 is 2.63 bits per heavy atom. The van der Waals surface area contributed by atoms with Gasteiger partial charge in [0.25, 0.3) is 5.89 Å². The van der Waals surface area contributed by atoms with Crippen LogP contribution in [0, 0.1) is 11.2 Å². The van der Waals surface area contributed by atoms with Gasteiger partial charge in [-0.25, -0.2) is 9.18 Å². The van der Waals surface area contributed by atoms with Crippen molar-refractivity contribution in [2.24, 2.45) is 0 Å². The fraction of sp³-hybridized carbons (Fsp3) is 0.304. The van der Waals surface area contributed by atoms with Crippen molar-refractivity contribution in [3.05, 3.63) is 59.2 Å². The fourth-order valence-electron chi connectivity index (χ4n) is 3.67. The lowest BCUT2D eigenvalue weighted by Gasteiger charge is -2.33. The maximum absolute atomic E-state index is 15.1. The van der Waals surface area contributed by atoms with E-state index in [9.17, 15) is 13.6 Å². The molecule has 0 saturated carbocycles. The number of urea groups is 1. The second-order valence-electron chi connectivity index (χ2n) is 7.69. The number of hydrogen-bond acceptors (Lipinski definition) is 7. The summed E-state index contributed by atoms with van der Waals surface area (Å²) in [6.07, 6.45) is -1.74. The summed E-state index contributed by atoms with van der Waals surface area (Å²) in [6, 6.07) is 8.80. The largest absolute Gasteiger partial charge is 0.415 e. The summed E-state index contributed by atoms with van der Waals surface area (Å²) in [5, 5.41) is 17.4. The summed E-state index contributed by atoms with van der Waals surface area (Å²) in [5.74, 6) is -1.74. The highest BCUT2D eigenvalue weighted by Crippen LogP contribution is 2.28. The van der Waals surface area contributed by atoms with Crippen LogP contribution in [0.3, 0.4) is 0 Å². The Morgan fingerprint density at radius 2 is 2.00 bits per heavy atom. The number of carbonyl (C=O) groups is 1. The third kappa shape index (κ3) is 5.27. The van der Waals surface area contributed by atoms with Crippen LogP contribution in [0.2, 0.25) is 0 Å². The molecule has 0 unspecified atom stereocenters. The molecule has 1 saturated heterocycles. The molecule has 0 radical (unpaired) electrons. The van der Waals surface area contributed by atoms with Crippen LogP contribution in [0.5, 0.6) is 0 Å². The van der Waals surface area contributed by atoms with Crippen LogP contribution in [0.1, 0.15) is 23.4 Å². The minimum absolute atomic E-state index is 0.0957. The Balaban J connectivity index is 1.66. The number of nitrogens with zero attached hydrogens (tertiary/aromatic N) is 4. The molecule has 9 nitrogen and oxygen atoms in total. The van der Waals surface area contributed by atoms with Crippen LogP contribution in [-0.4, -0.2) is 60.7 Å². The van der Waals surface area contributed by atoms with Crippen LogP contribution in [0.15, 0.2) is 40.8 Å². The smallest absolute Gasteiger partial charge is 0.324 e. The molecular weight excluding hydrogens is 465 g/mol. The standard InChI is InChI=1S/C23H23F3N6O3/c1-28-19-11-17(5-4-15(19)12-27)32(23(33)31-6-8-34-9-7-31)13-16-3-2-14(10-18(16)24)21-29-30-22(35-21)20(25)26/h2-5,10-12,20,27-28H,6-9,13H2,1H3. The summed E-state index contributed by atoms with van der Waals surface area (Å²) in [7, 11) is 1.70. The van der Waals surface area contributed by atoms with Crippen molar-refractivity contribution in [3.63, 3.8) is 0 Å². The highest BCUT2D eigenvalue weighted by molar-refractivity contribution is 5.94. The van der Waals surface area contributed by atoms with Gasteiger partial charge >= 0.3 is 12.5 Å². The normalized spacial score (nSPS) is 13.7. The van der Waals surface area contributed by atoms with E-state index in [1.165, 1.54) is 23.2 Å². The Labute approximate surface area is 199 Å². The molecule has 3 aromatic rings. The maximum Gasteiger partial charge on any atom is 0.324 e. The number of rotatable bonds is 7. The molecule has 2 N–H and O–H groups in total. The van der Waals surface area contributed by atoms with Gasteiger partial charge in [-0.2, -0.15) is 8.78 Å². The summed E-state index contributed by atoms with van der Waals surface area (Å²) in [4.78, 5) is 16.5. The molecule has 4 rings (SSSR count). The molecule has 0 spiro atoms. The van der Waals surface area contributed by atoms with E-state index in [-0.39, 0.29) is 29.6 Å². The third-order valence-corrected chi connectivity index (χ3v) is 5.54. The first-order chi connectivity index (χ1) is 16.9. The van der Waals surface area contributed by atoms with E-state index in [0.717, 1.165) is 6.07 Å². The first-order valence-electron chi connectivity index (χ1n) is 10.8. The van der Waals surface area contributed by atoms with E-state index in [4.69, 9.17) is 14.6 Å². The SMILES string of the molecule is CNc1cc(N(Cc2ccc(-c3nnc(C(F)F)o3)cc2F)C(=O)N2CCOCC2)ccc1C=N. The topological polar surface area (TPSA) is 108 Å². The number of aromatic nitrogens is 2. The molecule has 0 atom stereocenters. The number of ether oxygens (including phenoxy) is 1. The predicted octanol–water partition coefficient (Wildman–Crippen LogP) is 4.31. The van der Waals surface area contributed by atoms with Crippen LogP contribution in [-0.2, 0) is 11.3 Å². The summed E-state index contributed by atoms with van der Waals surface area (Å²) in [5.41, 5.74) is 2.13. The highest BCUT2D eigenvalue weighted by Gasteiger charge is 2.26. The zero-order valence-electron chi connectivity index (χ0n) is 18.8. The number of hydrogen-bond donors (Lipinski definition) is 2.